The molecule has 0 fully saturated rings. The smallest absolute Gasteiger partial charge is 0.226 e. The number of hydrogen-bond acceptors (Lipinski definition) is 2. The second kappa shape index (κ2) is 7.65. The number of halogens is 2. The summed E-state index contributed by atoms with van der Waals surface area (Å²) in [5.74, 6) is -0.0414. The lowest BCUT2D eigenvalue weighted by Crippen LogP contribution is -2.17. The van der Waals surface area contributed by atoms with Crippen molar-refractivity contribution >= 4 is 44.8 Å². The molecule has 3 nitrogen and oxygen atoms in total. The van der Waals surface area contributed by atoms with Gasteiger partial charge in [0.05, 0.1) is 16.4 Å². The lowest BCUT2D eigenvalue weighted by Gasteiger charge is -2.13. The van der Waals surface area contributed by atoms with Crippen molar-refractivity contribution in [2.45, 2.75) is 20.3 Å². The average Bonchev–Trinajstić information content (AvgIpc) is 2.44. The van der Waals surface area contributed by atoms with Crippen LogP contribution < -0.4 is 10.6 Å². The fraction of sp³-hybridized carbons (Fsp3) is 0.235. The summed E-state index contributed by atoms with van der Waals surface area (Å²) in [7, 11) is 0. The molecule has 0 heterocycles. The Bertz CT molecular complexity index is 665. The van der Waals surface area contributed by atoms with Crippen molar-refractivity contribution in [1.29, 1.82) is 0 Å². The van der Waals surface area contributed by atoms with Gasteiger partial charge in [0.15, 0.2) is 0 Å². The Morgan fingerprint density at radius 3 is 2.64 bits per heavy atom. The van der Waals surface area contributed by atoms with Gasteiger partial charge < -0.3 is 10.6 Å². The number of rotatable bonds is 5. The molecular formula is C17H18BrClN2O. The molecule has 0 saturated heterocycles. The minimum atomic E-state index is -0.0414. The van der Waals surface area contributed by atoms with Gasteiger partial charge in [-0.05, 0) is 59.1 Å². The summed E-state index contributed by atoms with van der Waals surface area (Å²) in [4.78, 5) is 12.0. The molecule has 22 heavy (non-hydrogen) atoms. The number of benzene rings is 2. The van der Waals surface area contributed by atoms with E-state index >= 15 is 0 Å². The summed E-state index contributed by atoms with van der Waals surface area (Å²) < 4.78 is 0.869. The number of anilines is 2. The number of carbonyl (C=O) groups excluding carboxylic acids is 1. The van der Waals surface area contributed by atoms with Crippen molar-refractivity contribution in [3.63, 3.8) is 0 Å². The molecule has 0 unspecified atom stereocenters. The number of carbonyl (C=O) groups is 1. The summed E-state index contributed by atoms with van der Waals surface area (Å²) in [6.07, 6.45) is 0.366. The van der Waals surface area contributed by atoms with Crippen LogP contribution in [-0.4, -0.2) is 12.5 Å². The molecule has 116 valence electrons. The molecule has 2 rings (SSSR count). The Labute approximate surface area is 144 Å². The van der Waals surface area contributed by atoms with Gasteiger partial charge in [-0.15, -0.1) is 0 Å². The Balaban J connectivity index is 1.89. The van der Waals surface area contributed by atoms with E-state index in [9.17, 15) is 4.79 Å². The predicted octanol–water partition coefficient (Wildman–Crippen LogP) is 5.16. The Hall–Kier alpha value is -1.52. The van der Waals surface area contributed by atoms with Crippen LogP contribution in [0.3, 0.4) is 0 Å². The topological polar surface area (TPSA) is 41.1 Å². The van der Waals surface area contributed by atoms with E-state index in [0.29, 0.717) is 18.0 Å². The summed E-state index contributed by atoms with van der Waals surface area (Å²) in [6, 6.07) is 11.5. The highest BCUT2D eigenvalue weighted by Gasteiger charge is 2.07. The molecule has 2 aromatic carbocycles. The molecule has 2 aromatic rings. The first-order valence-corrected chi connectivity index (χ1v) is 8.19. The molecule has 5 heteroatoms. The highest BCUT2D eigenvalue weighted by molar-refractivity contribution is 9.10. The third-order valence-corrected chi connectivity index (χ3v) is 4.22. The lowest BCUT2D eigenvalue weighted by molar-refractivity contribution is -0.115. The van der Waals surface area contributed by atoms with Gasteiger partial charge in [-0.3, -0.25) is 4.79 Å². The van der Waals surface area contributed by atoms with Crippen LogP contribution in [0.1, 0.15) is 17.5 Å². The average molecular weight is 382 g/mol. The summed E-state index contributed by atoms with van der Waals surface area (Å²) in [5.41, 5.74) is 3.87. The van der Waals surface area contributed by atoms with E-state index in [4.69, 9.17) is 11.6 Å². The maximum atomic E-state index is 12.0. The molecule has 0 bridgehead atoms. The number of nitrogens with one attached hydrogen (secondary N) is 2. The molecular weight excluding hydrogens is 364 g/mol. The quantitative estimate of drug-likeness (QED) is 0.751. The van der Waals surface area contributed by atoms with E-state index in [1.807, 2.05) is 44.2 Å². The Kier molecular flexibility index (Phi) is 5.86. The van der Waals surface area contributed by atoms with Crippen LogP contribution in [0.25, 0.3) is 0 Å². The van der Waals surface area contributed by atoms with Crippen LogP contribution >= 0.6 is 27.5 Å². The van der Waals surface area contributed by atoms with Gasteiger partial charge in [-0.25, -0.2) is 0 Å². The first-order valence-electron chi connectivity index (χ1n) is 7.02. The molecule has 2 N–H and O–H groups in total. The van der Waals surface area contributed by atoms with Gasteiger partial charge in [-0.1, -0.05) is 29.8 Å². The van der Waals surface area contributed by atoms with Crippen molar-refractivity contribution < 1.29 is 4.79 Å². The highest BCUT2D eigenvalue weighted by atomic mass is 79.9. The summed E-state index contributed by atoms with van der Waals surface area (Å²) in [5, 5.41) is 6.80. The number of para-hydroxylation sites is 1. The Morgan fingerprint density at radius 1 is 1.23 bits per heavy atom. The van der Waals surface area contributed by atoms with E-state index in [1.54, 1.807) is 0 Å². The lowest BCUT2D eigenvalue weighted by atomic mass is 10.1. The molecule has 0 aliphatic rings. The van der Waals surface area contributed by atoms with Crippen LogP contribution in [-0.2, 0) is 4.79 Å². The van der Waals surface area contributed by atoms with Crippen molar-refractivity contribution in [1.82, 2.24) is 0 Å². The van der Waals surface area contributed by atoms with Gasteiger partial charge in [0, 0.05) is 17.4 Å². The fourth-order valence-corrected chi connectivity index (χ4v) is 2.99. The fourth-order valence-electron chi connectivity index (χ4n) is 2.22. The van der Waals surface area contributed by atoms with Crippen molar-refractivity contribution in [3.05, 3.63) is 57.0 Å². The first-order chi connectivity index (χ1) is 10.5. The van der Waals surface area contributed by atoms with E-state index in [0.717, 1.165) is 27.0 Å². The summed E-state index contributed by atoms with van der Waals surface area (Å²) in [6.45, 7) is 4.54. The zero-order chi connectivity index (χ0) is 16.1. The standard InChI is InChI=1S/C17H18BrClN2O/c1-11-9-12(2)17(14(19)10-11)20-8-7-16(22)21-15-6-4-3-5-13(15)18/h3-6,9-10,20H,7-8H2,1-2H3,(H,21,22). The molecule has 0 aliphatic heterocycles. The van der Waals surface area contributed by atoms with E-state index in [-0.39, 0.29) is 5.91 Å². The molecule has 0 aromatic heterocycles. The van der Waals surface area contributed by atoms with Crippen LogP contribution in [0, 0.1) is 13.8 Å². The third kappa shape index (κ3) is 4.49. The molecule has 0 radical (unpaired) electrons. The largest absolute Gasteiger partial charge is 0.383 e. The van der Waals surface area contributed by atoms with Gasteiger partial charge in [0.25, 0.3) is 0 Å². The molecule has 1 amide bonds. The van der Waals surface area contributed by atoms with Crippen molar-refractivity contribution in [2.75, 3.05) is 17.2 Å². The molecule has 0 saturated carbocycles. The third-order valence-electron chi connectivity index (χ3n) is 3.23. The summed E-state index contributed by atoms with van der Waals surface area (Å²) >= 11 is 9.64. The van der Waals surface area contributed by atoms with E-state index in [2.05, 4.69) is 32.6 Å². The second-order valence-electron chi connectivity index (χ2n) is 5.14. The normalized spacial score (nSPS) is 10.4. The van der Waals surface area contributed by atoms with Crippen LogP contribution in [0.2, 0.25) is 5.02 Å². The minimum Gasteiger partial charge on any atom is -0.383 e. The van der Waals surface area contributed by atoms with Crippen LogP contribution in [0.4, 0.5) is 11.4 Å². The van der Waals surface area contributed by atoms with Crippen molar-refractivity contribution in [2.24, 2.45) is 0 Å². The molecule has 0 aliphatic carbocycles. The van der Waals surface area contributed by atoms with E-state index < -0.39 is 0 Å². The van der Waals surface area contributed by atoms with Crippen LogP contribution in [0.15, 0.2) is 40.9 Å². The zero-order valence-electron chi connectivity index (χ0n) is 12.5. The molecule has 0 atom stereocenters. The zero-order valence-corrected chi connectivity index (χ0v) is 14.9. The SMILES string of the molecule is Cc1cc(C)c(NCCC(=O)Nc2ccccc2Br)c(Cl)c1. The van der Waals surface area contributed by atoms with Crippen molar-refractivity contribution in [3.8, 4) is 0 Å². The number of aryl methyl sites for hydroxylation is 2. The monoisotopic (exact) mass is 380 g/mol. The highest BCUT2D eigenvalue weighted by Crippen LogP contribution is 2.27. The van der Waals surface area contributed by atoms with E-state index in [1.165, 1.54) is 0 Å². The van der Waals surface area contributed by atoms with Gasteiger partial charge in [0.1, 0.15) is 0 Å². The van der Waals surface area contributed by atoms with Crippen LogP contribution in [0.5, 0.6) is 0 Å². The first kappa shape index (κ1) is 16.8. The number of amides is 1. The minimum absolute atomic E-state index is 0.0414. The van der Waals surface area contributed by atoms with Gasteiger partial charge in [-0.2, -0.15) is 0 Å². The number of hydrogen-bond donors (Lipinski definition) is 2. The van der Waals surface area contributed by atoms with Gasteiger partial charge >= 0.3 is 0 Å². The second-order valence-corrected chi connectivity index (χ2v) is 6.40. The van der Waals surface area contributed by atoms with Gasteiger partial charge in [0.2, 0.25) is 5.91 Å². The predicted molar refractivity (Wildman–Crippen MR) is 96.8 cm³/mol. The Morgan fingerprint density at radius 2 is 1.95 bits per heavy atom. The maximum Gasteiger partial charge on any atom is 0.226 e. The maximum absolute atomic E-state index is 12.0. The molecule has 0 spiro atoms.